The third kappa shape index (κ3) is 3.17. The van der Waals surface area contributed by atoms with E-state index in [0.29, 0.717) is 6.54 Å². The lowest BCUT2D eigenvalue weighted by molar-refractivity contribution is 0.150. The molecule has 0 spiro atoms. The van der Waals surface area contributed by atoms with Gasteiger partial charge in [0.1, 0.15) is 0 Å². The first-order valence-electron chi connectivity index (χ1n) is 7.19. The van der Waals surface area contributed by atoms with Crippen LogP contribution in [0.5, 0.6) is 0 Å². The molecule has 110 valence electrons. The van der Waals surface area contributed by atoms with Crippen molar-refractivity contribution in [2.24, 2.45) is 5.10 Å². The van der Waals surface area contributed by atoms with Crippen LogP contribution in [0.4, 0.5) is 8.78 Å². The van der Waals surface area contributed by atoms with E-state index in [1.165, 1.54) is 5.56 Å². The largest absolute Gasteiger partial charge is 0.299 e. The fourth-order valence-electron chi connectivity index (χ4n) is 2.69. The van der Waals surface area contributed by atoms with E-state index in [9.17, 15) is 8.78 Å². The van der Waals surface area contributed by atoms with Crippen molar-refractivity contribution in [3.63, 3.8) is 0 Å². The Morgan fingerprint density at radius 2 is 2.15 bits per heavy atom. The summed E-state index contributed by atoms with van der Waals surface area (Å²) in [6.45, 7) is 4.74. The molecule has 0 saturated heterocycles. The monoisotopic (exact) mass is 280 g/mol. The zero-order chi connectivity index (χ0) is 14.7. The first kappa shape index (κ1) is 14.9. The third-order valence-electron chi connectivity index (χ3n) is 3.88. The Bertz CT molecular complexity index is 497. The fourth-order valence-corrected chi connectivity index (χ4v) is 2.69. The molecule has 0 radical (unpaired) electrons. The van der Waals surface area contributed by atoms with Crippen LogP contribution >= 0.6 is 0 Å². The Balaban J connectivity index is 2.38. The van der Waals surface area contributed by atoms with Crippen LogP contribution in [0.25, 0.3) is 0 Å². The van der Waals surface area contributed by atoms with Crippen LogP contribution in [0.1, 0.15) is 54.4 Å². The number of aryl methyl sites for hydroxylation is 2. The van der Waals surface area contributed by atoms with Gasteiger partial charge < -0.3 is 0 Å². The Hall–Kier alpha value is -1.45. The maximum atomic E-state index is 13.3. The molecule has 0 aromatic heterocycles. The highest BCUT2D eigenvalue weighted by Crippen LogP contribution is 2.33. The van der Waals surface area contributed by atoms with Crippen LogP contribution < -0.4 is 0 Å². The molecule has 0 saturated carbocycles. The van der Waals surface area contributed by atoms with Crippen LogP contribution in [0.3, 0.4) is 0 Å². The zero-order valence-electron chi connectivity index (χ0n) is 12.4. The van der Waals surface area contributed by atoms with Gasteiger partial charge in [0.2, 0.25) is 0 Å². The molecule has 0 fully saturated rings. The van der Waals surface area contributed by atoms with E-state index >= 15 is 0 Å². The van der Waals surface area contributed by atoms with Gasteiger partial charge in [0.25, 0.3) is 6.43 Å². The third-order valence-corrected chi connectivity index (χ3v) is 3.88. The molecular formula is C16H22F2N2. The van der Waals surface area contributed by atoms with Gasteiger partial charge in [-0.3, -0.25) is 5.01 Å². The van der Waals surface area contributed by atoms with Crippen molar-refractivity contribution in [1.29, 1.82) is 0 Å². The maximum Gasteiger partial charge on any atom is 0.264 e. The summed E-state index contributed by atoms with van der Waals surface area (Å²) in [7, 11) is 1.87. The predicted molar refractivity (Wildman–Crippen MR) is 78.6 cm³/mol. The summed E-state index contributed by atoms with van der Waals surface area (Å²) in [5.41, 5.74) is 3.06. The van der Waals surface area contributed by atoms with Crippen molar-refractivity contribution >= 4 is 6.21 Å². The van der Waals surface area contributed by atoms with E-state index in [1.807, 2.05) is 20.0 Å². The summed E-state index contributed by atoms with van der Waals surface area (Å²) in [4.78, 5) is 0. The average molecular weight is 280 g/mol. The maximum absolute atomic E-state index is 13.3. The quantitative estimate of drug-likeness (QED) is 0.785. The molecule has 1 aliphatic heterocycles. The molecule has 1 aromatic rings. The summed E-state index contributed by atoms with van der Waals surface area (Å²) >= 11 is 0. The summed E-state index contributed by atoms with van der Waals surface area (Å²) in [5.74, 6) is -0.0232. The van der Waals surface area contributed by atoms with E-state index in [-0.39, 0.29) is 11.5 Å². The number of hydrogen-bond donors (Lipinski definition) is 0. The Morgan fingerprint density at radius 1 is 1.40 bits per heavy atom. The van der Waals surface area contributed by atoms with Gasteiger partial charge >= 0.3 is 0 Å². The second kappa shape index (κ2) is 6.33. The van der Waals surface area contributed by atoms with E-state index in [2.05, 4.69) is 12.0 Å². The number of hydrazone groups is 1. The van der Waals surface area contributed by atoms with Crippen molar-refractivity contribution in [2.75, 3.05) is 13.6 Å². The highest BCUT2D eigenvalue weighted by molar-refractivity contribution is 5.71. The average Bonchev–Trinajstić information content (AvgIpc) is 2.83. The normalized spacial score (nSPS) is 18.3. The van der Waals surface area contributed by atoms with Gasteiger partial charge in [0, 0.05) is 31.3 Å². The lowest BCUT2D eigenvalue weighted by Crippen LogP contribution is -2.14. The molecule has 1 aromatic carbocycles. The summed E-state index contributed by atoms with van der Waals surface area (Å²) in [6, 6.07) is 3.64. The van der Waals surface area contributed by atoms with Crippen molar-refractivity contribution in [3.05, 3.63) is 34.4 Å². The number of unbranched alkanes of at least 4 members (excludes halogenated alkanes) is 1. The topological polar surface area (TPSA) is 15.6 Å². The van der Waals surface area contributed by atoms with Gasteiger partial charge in [-0.05, 0) is 42.5 Å². The van der Waals surface area contributed by atoms with Gasteiger partial charge in [-0.2, -0.15) is 5.10 Å². The lowest BCUT2D eigenvalue weighted by Gasteiger charge is -2.18. The van der Waals surface area contributed by atoms with E-state index in [4.69, 9.17) is 0 Å². The number of alkyl halides is 2. The molecule has 0 bridgehead atoms. The number of likely N-dealkylation sites (N-methyl/N-ethyl adjacent to an activating group) is 1. The zero-order valence-corrected chi connectivity index (χ0v) is 12.4. The second-order valence-corrected chi connectivity index (χ2v) is 5.52. The molecule has 2 nitrogen and oxygen atoms in total. The van der Waals surface area contributed by atoms with Crippen LogP contribution in [0, 0.1) is 6.92 Å². The first-order chi connectivity index (χ1) is 9.52. The van der Waals surface area contributed by atoms with E-state index in [0.717, 1.165) is 30.4 Å². The molecule has 1 heterocycles. The molecule has 0 N–H and O–H groups in total. The van der Waals surface area contributed by atoms with E-state index < -0.39 is 6.43 Å². The molecule has 4 heteroatoms. The molecule has 0 aliphatic carbocycles. The van der Waals surface area contributed by atoms with Crippen molar-refractivity contribution in [1.82, 2.24) is 5.01 Å². The Kier molecular flexibility index (Phi) is 4.73. The van der Waals surface area contributed by atoms with Crippen molar-refractivity contribution in [3.8, 4) is 0 Å². The summed E-state index contributed by atoms with van der Waals surface area (Å²) < 4.78 is 26.6. The smallest absolute Gasteiger partial charge is 0.264 e. The highest BCUT2D eigenvalue weighted by atomic mass is 19.3. The molecule has 1 atom stereocenters. The SMILES string of the molecule is CCCCc1cc(C2C=NN(C)C2)c(C(F)F)cc1C. The number of halogens is 2. The molecular weight excluding hydrogens is 258 g/mol. The van der Waals surface area contributed by atoms with Crippen LogP contribution in [0.15, 0.2) is 17.2 Å². The minimum Gasteiger partial charge on any atom is -0.299 e. The molecule has 20 heavy (non-hydrogen) atoms. The van der Waals surface area contributed by atoms with Crippen LogP contribution in [0.2, 0.25) is 0 Å². The number of hydrogen-bond acceptors (Lipinski definition) is 2. The minimum atomic E-state index is -2.43. The predicted octanol–water partition coefficient (Wildman–Crippen LogP) is 4.29. The van der Waals surface area contributed by atoms with E-state index in [1.54, 1.807) is 17.3 Å². The summed E-state index contributed by atoms with van der Waals surface area (Å²) in [5, 5.41) is 5.97. The number of benzene rings is 1. The van der Waals surface area contributed by atoms with Gasteiger partial charge in [-0.15, -0.1) is 0 Å². The summed E-state index contributed by atoms with van der Waals surface area (Å²) in [6.07, 6.45) is 2.51. The van der Waals surface area contributed by atoms with Crippen LogP contribution in [-0.4, -0.2) is 24.8 Å². The van der Waals surface area contributed by atoms with Gasteiger partial charge in [-0.25, -0.2) is 8.78 Å². The Morgan fingerprint density at radius 3 is 2.70 bits per heavy atom. The molecule has 0 amide bonds. The fraction of sp³-hybridized carbons (Fsp3) is 0.562. The molecule has 1 aliphatic rings. The highest BCUT2D eigenvalue weighted by Gasteiger charge is 2.24. The van der Waals surface area contributed by atoms with Crippen molar-refractivity contribution in [2.45, 2.75) is 45.5 Å². The number of nitrogens with zero attached hydrogens (tertiary/aromatic N) is 2. The first-order valence-corrected chi connectivity index (χ1v) is 7.19. The van der Waals surface area contributed by atoms with Gasteiger partial charge in [0.15, 0.2) is 0 Å². The van der Waals surface area contributed by atoms with Gasteiger partial charge in [-0.1, -0.05) is 19.4 Å². The second-order valence-electron chi connectivity index (χ2n) is 5.52. The molecule has 1 unspecified atom stereocenters. The van der Waals surface area contributed by atoms with Crippen molar-refractivity contribution < 1.29 is 8.78 Å². The lowest BCUT2D eigenvalue weighted by atomic mass is 9.89. The van der Waals surface area contributed by atoms with Gasteiger partial charge in [0.05, 0.1) is 0 Å². The number of rotatable bonds is 5. The van der Waals surface area contributed by atoms with Crippen LogP contribution in [-0.2, 0) is 6.42 Å². The minimum absolute atomic E-state index is 0.0232. The Labute approximate surface area is 119 Å². The standard InChI is InChI=1S/C16H22F2N2/c1-4-5-6-12-8-14(13-9-19-20(3)10-13)15(16(17)18)7-11(12)2/h7-9,13,16H,4-6,10H2,1-3H3. The molecule has 2 rings (SSSR count).